The van der Waals surface area contributed by atoms with Gasteiger partial charge in [-0.1, -0.05) is 0 Å². The molecule has 2 N–H and O–H groups in total. The lowest BCUT2D eigenvalue weighted by molar-refractivity contribution is 0.0996. The minimum atomic E-state index is -0.227. The molecule has 0 bridgehead atoms. The summed E-state index contributed by atoms with van der Waals surface area (Å²) in [6.45, 7) is 0. The Labute approximate surface area is 140 Å². The fraction of sp³-hybridized carbons (Fsp3) is 0.316. The second-order valence-electron chi connectivity index (χ2n) is 6.63. The first-order valence-corrected chi connectivity index (χ1v) is 8.26. The number of carbonyl (C=O) groups is 1. The Morgan fingerprint density at radius 2 is 2.21 bits per heavy atom. The first-order chi connectivity index (χ1) is 11.6. The van der Waals surface area contributed by atoms with Crippen LogP contribution in [0.3, 0.4) is 0 Å². The highest BCUT2D eigenvalue weighted by Crippen LogP contribution is 2.32. The van der Waals surface area contributed by atoms with Crippen molar-refractivity contribution in [1.82, 2.24) is 9.88 Å². The van der Waals surface area contributed by atoms with Crippen molar-refractivity contribution in [1.29, 1.82) is 0 Å². The molecular weight excluding hydrogens is 302 g/mol. The van der Waals surface area contributed by atoms with Crippen LogP contribution in [0.2, 0.25) is 0 Å². The van der Waals surface area contributed by atoms with E-state index >= 15 is 0 Å². The second-order valence-corrected chi connectivity index (χ2v) is 6.63. The number of nitrogens with zero attached hydrogens (tertiary/aromatic N) is 1. The molecule has 1 atom stereocenters. The van der Waals surface area contributed by atoms with Crippen molar-refractivity contribution in [3.05, 3.63) is 53.6 Å². The number of likely N-dealkylation sites (N-methyl/N-ethyl adjacent to an activating group) is 1. The van der Waals surface area contributed by atoms with Gasteiger partial charge >= 0.3 is 0 Å². The van der Waals surface area contributed by atoms with Crippen LogP contribution in [-0.4, -0.2) is 35.9 Å². The van der Waals surface area contributed by atoms with Crippen LogP contribution in [0.5, 0.6) is 0 Å². The maximum atomic E-state index is 12.2. The molecule has 0 aliphatic heterocycles. The van der Waals surface area contributed by atoms with Gasteiger partial charge < -0.3 is 19.6 Å². The smallest absolute Gasteiger partial charge is 0.291 e. The average molecular weight is 323 g/mol. The average Bonchev–Trinajstić information content (AvgIpc) is 3.21. The number of aromatic nitrogens is 1. The summed E-state index contributed by atoms with van der Waals surface area (Å²) in [7, 11) is 4.28. The number of benzene rings is 1. The molecule has 4 rings (SSSR count). The Morgan fingerprint density at radius 1 is 1.33 bits per heavy atom. The largest absolute Gasteiger partial charge is 0.459 e. The standard InChI is InChI=1S/C19H21N3O2/c1-22(2)13-6-8-17-15(11-13)14-10-12(5-7-16(14)21-17)20-19(23)18-4-3-9-24-18/h3-5,7,9-10,13,21H,6,8,11H2,1-2H3,(H,20,23). The molecule has 2 heterocycles. The van der Waals surface area contributed by atoms with Crippen molar-refractivity contribution in [2.75, 3.05) is 19.4 Å². The quantitative estimate of drug-likeness (QED) is 0.776. The molecule has 1 aliphatic carbocycles. The van der Waals surface area contributed by atoms with Gasteiger partial charge in [-0.3, -0.25) is 4.79 Å². The van der Waals surface area contributed by atoms with Crippen LogP contribution in [0.1, 0.15) is 28.2 Å². The van der Waals surface area contributed by atoms with E-state index in [1.54, 1.807) is 12.1 Å². The highest BCUT2D eigenvalue weighted by molar-refractivity contribution is 6.03. The number of hydrogen-bond acceptors (Lipinski definition) is 3. The summed E-state index contributed by atoms with van der Waals surface area (Å²) in [4.78, 5) is 18.0. The Balaban J connectivity index is 1.65. The third-order valence-corrected chi connectivity index (χ3v) is 4.89. The van der Waals surface area contributed by atoms with Crippen LogP contribution >= 0.6 is 0 Å². The molecule has 24 heavy (non-hydrogen) atoms. The van der Waals surface area contributed by atoms with Gasteiger partial charge in [0.25, 0.3) is 5.91 Å². The molecule has 5 heteroatoms. The maximum absolute atomic E-state index is 12.2. The highest BCUT2D eigenvalue weighted by atomic mass is 16.3. The normalized spacial score (nSPS) is 17.2. The first kappa shape index (κ1) is 15.0. The van der Waals surface area contributed by atoms with Crippen molar-refractivity contribution in [3.8, 4) is 0 Å². The predicted molar refractivity (Wildman–Crippen MR) is 94.5 cm³/mol. The maximum Gasteiger partial charge on any atom is 0.291 e. The Morgan fingerprint density at radius 3 is 2.96 bits per heavy atom. The molecular formula is C19H21N3O2. The second kappa shape index (κ2) is 5.83. The van der Waals surface area contributed by atoms with E-state index in [2.05, 4.69) is 35.4 Å². The highest BCUT2D eigenvalue weighted by Gasteiger charge is 2.24. The summed E-state index contributed by atoms with van der Waals surface area (Å²) in [5.41, 5.74) is 4.63. The first-order valence-electron chi connectivity index (χ1n) is 8.26. The van der Waals surface area contributed by atoms with Gasteiger partial charge in [-0.15, -0.1) is 0 Å². The minimum Gasteiger partial charge on any atom is -0.459 e. The summed E-state index contributed by atoms with van der Waals surface area (Å²) in [6, 6.07) is 9.96. The molecule has 0 spiro atoms. The third-order valence-electron chi connectivity index (χ3n) is 4.89. The summed E-state index contributed by atoms with van der Waals surface area (Å²) >= 11 is 0. The van der Waals surface area contributed by atoms with E-state index in [-0.39, 0.29) is 5.91 Å². The van der Waals surface area contributed by atoms with Crippen molar-refractivity contribution in [2.45, 2.75) is 25.3 Å². The number of nitrogens with one attached hydrogen (secondary N) is 2. The van der Waals surface area contributed by atoms with Crippen molar-refractivity contribution >= 4 is 22.5 Å². The van der Waals surface area contributed by atoms with Crippen LogP contribution < -0.4 is 5.32 Å². The fourth-order valence-electron chi connectivity index (χ4n) is 3.52. The van der Waals surface area contributed by atoms with Crippen LogP contribution in [-0.2, 0) is 12.8 Å². The lowest BCUT2D eigenvalue weighted by Crippen LogP contribution is -2.33. The summed E-state index contributed by atoms with van der Waals surface area (Å²) in [6.07, 6.45) is 4.79. The van der Waals surface area contributed by atoms with Gasteiger partial charge in [0.15, 0.2) is 5.76 Å². The topological polar surface area (TPSA) is 61.3 Å². The molecule has 2 aromatic heterocycles. The molecule has 0 fully saturated rings. The Kier molecular flexibility index (Phi) is 3.65. The summed E-state index contributed by atoms with van der Waals surface area (Å²) in [5, 5.41) is 4.11. The number of carbonyl (C=O) groups excluding carboxylic acids is 1. The molecule has 1 aliphatic rings. The van der Waals surface area contributed by atoms with Crippen LogP contribution in [0.15, 0.2) is 41.0 Å². The van der Waals surface area contributed by atoms with Crippen molar-refractivity contribution < 1.29 is 9.21 Å². The van der Waals surface area contributed by atoms with Crippen LogP contribution in [0, 0.1) is 0 Å². The zero-order chi connectivity index (χ0) is 16.7. The van der Waals surface area contributed by atoms with Crippen LogP contribution in [0.4, 0.5) is 5.69 Å². The van der Waals surface area contributed by atoms with Crippen molar-refractivity contribution in [3.63, 3.8) is 0 Å². The molecule has 0 radical (unpaired) electrons. The molecule has 0 saturated carbocycles. The number of aryl methyl sites for hydroxylation is 1. The third kappa shape index (κ3) is 2.61. The molecule has 5 nitrogen and oxygen atoms in total. The van der Waals surface area contributed by atoms with Gasteiger partial charge in [0.1, 0.15) is 0 Å². The molecule has 1 aromatic carbocycles. The molecule has 3 aromatic rings. The van der Waals surface area contributed by atoms with E-state index in [9.17, 15) is 4.79 Å². The van der Waals surface area contributed by atoms with E-state index in [1.807, 2.05) is 12.1 Å². The summed E-state index contributed by atoms with van der Waals surface area (Å²) in [5.74, 6) is 0.0915. The van der Waals surface area contributed by atoms with E-state index in [1.165, 1.54) is 29.3 Å². The van der Waals surface area contributed by atoms with E-state index < -0.39 is 0 Å². The van der Waals surface area contributed by atoms with Gasteiger partial charge in [0.05, 0.1) is 6.26 Å². The number of hydrogen-bond donors (Lipinski definition) is 2. The van der Waals surface area contributed by atoms with Crippen molar-refractivity contribution in [2.24, 2.45) is 0 Å². The zero-order valence-electron chi connectivity index (χ0n) is 13.9. The lowest BCUT2D eigenvalue weighted by Gasteiger charge is -2.28. The fourth-order valence-corrected chi connectivity index (χ4v) is 3.52. The zero-order valence-corrected chi connectivity index (χ0v) is 13.9. The van der Waals surface area contributed by atoms with Gasteiger partial charge in [-0.05, 0) is 69.3 Å². The van der Waals surface area contributed by atoms with E-state index in [0.29, 0.717) is 11.8 Å². The van der Waals surface area contributed by atoms with E-state index in [0.717, 1.165) is 24.0 Å². The predicted octanol–water partition coefficient (Wildman–Crippen LogP) is 3.43. The summed E-state index contributed by atoms with van der Waals surface area (Å²) < 4.78 is 5.15. The molecule has 1 unspecified atom stereocenters. The minimum absolute atomic E-state index is 0.227. The van der Waals surface area contributed by atoms with Gasteiger partial charge in [-0.25, -0.2) is 0 Å². The monoisotopic (exact) mass is 323 g/mol. The molecule has 1 amide bonds. The molecule has 124 valence electrons. The number of fused-ring (bicyclic) bond motifs is 3. The van der Waals surface area contributed by atoms with Gasteiger partial charge in [0, 0.05) is 28.3 Å². The molecule has 0 saturated heterocycles. The van der Waals surface area contributed by atoms with E-state index in [4.69, 9.17) is 4.42 Å². The SMILES string of the molecule is CN(C)C1CCc2[nH]c3ccc(NC(=O)c4ccco4)cc3c2C1. The number of H-pyrrole nitrogens is 1. The number of rotatable bonds is 3. The lowest BCUT2D eigenvalue weighted by atomic mass is 9.91. The number of aromatic amines is 1. The number of anilines is 1. The van der Waals surface area contributed by atoms with Gasteiger partial charge in [-0.2, -0.15) is 0 Å². The Hall–Kier alpha value is -2.53. The Bertz CT molecular complexity index is 878. The number of amides is 1. The van der Waals surface area contributed by atoms with Gasteiger partial charge in [0.2, 0.25) is 0 Å². The number of furan rings is 1. The van der Waals surface area contributed by atoms with Crippen LogP contribution in [0.25, 0.3) is 10.9 Å².